The number of anilines is 1. The van der Waals surface area contributed by atoms with Crippen molar-refractivity contribution in [1.82, 2.24) is 20.1 Å². The zero-order valence-corrected chi connectivity index (χ0v) is 21.5. The largest absolute Gasteiger partial charge is 0.480 e. The maximum Gasteiger partial charge on any atom is 0.326 e. The van der Waals surface area contributed by atoms with Gasteiger partial charge >= 0.3 is 5.97 Å². The van der Waals surface area contributed by atoms with Crippen LogP contribution in [0.3, 0.4) is 0 Å². The minimum absolute atomic E-state index is 0.146. The highest BCUT2D eigenvalue weighted by molar-refractivity contribution is 5.87. The molecule has 3 aliphatic heterocycles. The Morgan fingerprint density at radius 1 is 1.31 bits per heavy atom. The van der Waals surface area contributed by atoms with Crippen LogP contribution in [-0.2, 0) is 27.2 Å². The first kappa shape index (κ1) is 26.8. The van der Waals surface area contributed by atoms with Gasteiger partial charge in [-0.3, -0.25) is 14.6 Å². The van der Waals surface area contributed by atoms with E-state index in [0.29, 0.717) is 32.5 Å². The van der Waals surface area contributed by atoms with Gasteiger partial charge in [0.15, 0.2) is 0 Å². The first-order valence-electron chi connectivity index (χ1n) is 13.2. The van der Waals surface area contributed by atoms with Crippen molar-refractivity contribution in [1.29, 1.82) is 0 Å². The van der Waals surface area contributed by atoms with Gasteiger partial charge in [0, 0.05) is 44.8 Å². The van der Waals surface area contributed by atoms with Crippen LogP contribution >= 0.6 is 0 Å². The summed E-state index contributed by atoms with van der Waals surface area (Å²) < 4.78 is 5.98. The molecule has 2 fully saturated rings. The molecule has 1 aromatic rings. The fourth-order valence-electron chi connectivity index (χ4n) is 5.29. The van der Waals surface area contributed by atoms with Crippen LogP contribution < -0.4 is 10.6 Å². The van der Waals surface area contributed by atoms with Gasteiger partial charge in [-0.25, -0.2) is 9.78 Å². The molecule has 0 radical (unpaired) electrons. The summed E-state index contributed by atoms with van der Waals surface area (Å²) >= 11 is 0. The number of carbonyl (C=O) groups is 2. The Labute approximate surface area is 213 Å². The summed E-state index contributed by atoms with van der Waals surface area (Å²) in [5, 5.41) is 25.9. The molecule has 1 amide bonds. The van der Waals surface area contributed by atoms with Crippen LogP contribution in [0.5, 0.6) is 0 Å². The molecule has 0 bridgehead atoms. The van der Waals surface area contributed by atoms with Crippen molar-refractivity contribution in [2.75, 3.05) is 51.2 Å². The number of nitrogens with one attached hydrogen (secondary N) is 2. The van der Waals surface area contributed by atoms with Crippen molar-refractivity contribution in [3.05, 3.63) is 23.4 Å². The molecular formula is C26H41N5O5. The molecule has 10 heteroatoms. The number of β-amino-alcohol motifs (C(OH)–C–C–N with tert-alkyl or cyclic N) is 1. The molecule has 0 saturated carbocycles. The number of carboxylic acids is 1. The Morgan fingerprint density at radius 3 is 2.86 bits per heavy atom. The zero-order valence-electron chi connectivity index (χ0n) is 21.5. The van der Waals surface area contributed by atoms with Crippen LogP contribution in [0.1, 0.15) is 50.8 Å². The molecular weight excluding hydrogens is 462 g/mol. The van der Waals surface area contributed by atoms with E-state index in [4.69, 9.17) is 9.72 Å². The fourth-order valence-corrected chi connectivity index (χ4v) is 5.29. The molecule has 2 saturated heterocycles. The second-order valence-electron chi connectivity index (χ2n) is 11.0. The highest BCUT2D eigenvalue weighted by Gasteiger charge is 2.36. The van der Waals surface area contributed by atoms with E-state index in [-0.39, 0.29) is 18.1 Å². The van der Waals surface area contributed by atoms with Gasteiger partial charge in [-0.15, -0.1) is 0 Å². The molecule has 0 spiro atoms. The lowest BCUT2D eigenvalue weighted by Crippen LogP contribution is -2.55. The number of amides is 1. The van der Waals surface area contributed by atoms with Gasteiger partial charge in [0.1, 0.15) is 11.9 Å². The number of aliphatic carboxylic acids is 1. The third-order valence-corrected chi connectivity index (χ3v) is 7.19. The summed E-state index contributed by atoms with van der Waals surface area (Å²) in [5.41, 5.74) is 1.41. The first-order valence-corrected chi connectivity index (χ1v) is 13.2. The number of carbonyl (C=O) groups excluding carboxylic acids is 1. The van der Waals surface area contributed by atoms with E-state index >= 15 is 0 Å². The number of aryl methyl sites for hydroxylation is 1. The number of aliphatic hydroxyl groups is 1. The predicted octanol–water partition coefficient (Wildman–Crippen LogP) is 0.878. The van der Waals surface area contributed by atoms with Gasteiger partial charge in [-0.05, 0) is 64.1 Å². The number of pyridine rings is 1. The van der Waals surface area contributed by atoms with Crippen molar-refractivity contribution < 1.29 is 24.5 Å². The van der Waals surface area contributed by atoms with E-state index in [1.54, 1.807) is 13.8 Å². The average molecular weight is 504 g/mol. The number of fused-ring (bicyclic) bond motifs is 1. The molecule has 4 heterocycles. The minimum Gasteiger partial charge on any atom is -0.480 e. The van der Waals surface area contributed by atoms with Gasteiger partial charge in [-0.2, -0.15) is 0 Å². The summed E-state index contributed by atoms with van der Waals surface area (Å²) in [6, 6.07) is 2.92. The number of likely N-dealkylation sites (tertiary alicyclic amines) is 2. The second-order valence-corrected chi connectivity index (χ2v) is 11.0. The quantitative estimate of drug-likeness (QED) is 0.329. The molecule has 2 unspecified atom stereocenters. The van der Waals surface area contributed by atoms with Crippen LogP contribution in [0.4, 0.5) is 5.82 Å². The van der Waals surface area contributed by atoms with E-state index in [9.17, 15) is 19.8 Å². The monoisotopic (exact) mass is 503 g/mol. The van der Waals surface area contributed by atoms with Gasteiger partial charge in [-0.1, -0.05) is 6.07 Å². The number of carboxylic acid groups (broad SMARTS) is 1. The molecule has 4 rings (SSSR count). The molecule has 4 N–H and O–H groups in total. The highest BCUT2D eigenvalue weighted by Crippen LogP contribution is 2.22. The zero-order chi connectivity index (χ0) is 25.7. The van der Waals surface area contributed by atoms with E-state index in [0.717, 1.165) is 63.4 Å². The lowest BCUT2D eigenvalue weighted by molar-refractivity contribution is -0.143. The summed E-state index contributed by atoms with van der Waals surface area (Å²) in [6.07, 6.45) is 5.03. The highest BCUT2D eigenvalue weighted by atomic mass is 16.5. The predicted molar refractivity (Wildman–Crippen MR) is 136 cm³/mol. The lowest BCUT2D eigenvalue weighted by Gasteiger charge is -2.39. The van der Waals surface area contributed by atoms with Gasteiger partial charge in [0.2, 0.25) is 5.91 Å². The summed E-state index contributed by atoms with van der Waals surface area (Å²) in [6.45, 7) is 8.26. The minimum atomic E-state index is -1.02. The molecule has 2 atom stereocenters. The van der Waals surface area contributed by atoms with Crippen LogP contribution in [0.15, 0.2) is 12.1 Å². The van der Waals surface area contributed by atoms with E-state index < -0.39 is 17.6 Å². The van der Waals surface area contributed by atoms with Gasteiger partial charge < -0.3 is 25.6 Å². The maximum atomic E-state index is 12.8. The third-order valence-electron chi connectivity index (χ3n) is 7.19. The van der Waals surface area contributed by atoms with Crippen LogP contribution in [0, 0.1) is 0 Å². The fraction of sp³-hybridized carbons (Fsp3) is 0.731. The summed E-state index contributed by atoms with van der Waals surface area (Å²) in [7, 11) is 0. The number of nitrogens with zero attached hydrogens (tertiary/aromatic N) is 3. The smallest absolute Gasteiger partial charge is 0.326 e. The van der Waals surface area contributed by atoms with Crippen molar-refractivity contribution in [3.63, 3.8) is 0 Å². The molecule has 200 valence electrons. The lowest BCUT2D eigenvalue weighted by atomic mass is 10.1. The Kier molecular flexibility index (Phi) is 8.82. The van der Waals surface area contributed by atoms with Crippen molar-refractivity contribution in [2.45, 2.75) is 76.2 Å². The first-order chi connectivity index (χ1) is 17.2. The van der Waals surface area contributed by atoms with E-state index in [1.807, 2.05) is 4.90 Å². The molecule has 0 aromatic carbocycles. The summed E-state index contributed by atoms with van der Waals surface area (Å²) in [5.74, 6) is -0.276. The van der Waals surface area contributed by atoms with Gasteiger partial charge in [0.05, 0.1) is 24.4 Å². The number of hydrogen-bond acceptors (Lipinski definition) is 8. The number of rotatable bonds is 12. The Bertz CT molecular complexity index is 914. The Hall–Kier alpha value is -2.27. The second kappa shape index (κ2) is 11.9. The van der Waals surface area contributed by atoms with Crippen molar-refractivity contribution in [2.24, 2.45) is 0 Å². The van der Waals surface area contributed by atoms with Gasteiger partial charge in [0.25, 0.3) is 0 Å². The van der Waals surface area contributed by atoms with Crippen LogP contribution in [0.25, 0.3) is 0 Å². The Morgan fingerprint density at radius 2 is 2.11 bits per heavy atom. The number of ether oxygens (including phenoxy) is 1. The topological polar surface area (TPSA) is 127 Å². The molecule has 3 aliphatic rings. The molecule has 10 nitrogen and oxygen atoms in total. The van der Waals surface area contributed by atoms with Crippen molar-refractivity contribution in [3.8, 4) is 0 Å². The molecule has 1 aromatic heterocycles. The molecule has 36 heavy (non-hydrogen) atoms. The maximum absolute atomic E-state index is 12.8. The Balaban J connectivity index is 1.14. The van der Waals surface area contributed by atoms with E-state index in [1.165, 1.54) is 5.56 Å². The average Bonchev–Trinajstić information content (AvgIpc) is 3.25. The normalized spacial score (nSPS) is 21.9. The number of aromatic nitrogens is 1. The standard InChI is InChI=1S/C26H41N5O5/c1-26(2,35)17-31-12-4-6-22(31)24(32)29-21(25(33)34)9-13-30-15-20(16-30)36-14-10-19-8-7-18-5-3-11-27-23(18)28-19/h7-8,20-22,35H,3-6,9-17H2,1-2H3,(H,27,28)(H,29,32)(H,33,34). The van der Waals surface area contributed by atoms with Crippen molar-refractivity contribution >= 4 is 17.7 Å². The molecule has 0 aliphatic carbocycles. The van der Waals surface area contributed by atoms with Crippen LogP contribution in [0.2, 0.25) is 0 Å². The van der Waals surface area contributed by atoms with E-state index in [2.05, 4.69) is 27.7 Å². The number of hydrogen-bond donors (Lipinski definition) is 4. The van der Waals surface area contributed by atoms with Crippen LogP contribution in [-0.4, -0.2) is 107 Å². The SMILES string of the molecule is CC(C)(O)CN1CCCC1C(=O)NC(CCN1CC(OCCc2ccc3c(n2)NCCC3)C1)C(=O)O. The summed E-state index contributed by atoms with van der Waals surface area (Å²) in [4.78, 5) is 33.4. The third kappa shape index (κ3) is 7.38.